The molecule has 0 nitrogen and oxygen atoms in total. The van der Waals surface area contributed by atoms with Crippen molar-refractivity contribution in [3.8, 4) is 11.1 Å². The van der Waals surface area contributed by atoms with Crippen LogP contribution in [0.15, 0.2) is 78.9 Å². The average molecular weight is 253 g/mol. The lowest BCUT2D eigenvalue weighted by atomic mass is 9.94. The third kappa shape index (κ3) is 1.70. The molecule has 0 amide bonds. The molecule has 0 atom stereocenters. The Hall–Kier alpha value is -2.60. The smallest absolute Gasteiger partial charge is 0.00990 e. The Balaban J connectivity index is 2.12. The standard InChI is InChI=1S/C20H13/c1-3-11-17-15(7-1)9-5-13-19(17)20-14-6-10-16-8-2-4-12-18(16)20/h1-3,5-14H. The summed E-state index contributed by atoms with van der Waals surface area (Å²) in [5.74, 6) is 0. The fraction of sp³-hybridized carbons (Fsp3) is 0. The van der Waals surface area contributed by atoms with Gasteiger partial charge in [-0.3, -0.25) is 0 Å². The van der Waals surface area contributed by atoms with Crippen LogP contribution in [0.25, 0.3) is 32.7 Å². The van der Waals surface area contributed by atoms with Gasteiger partial charge in [-0.1, -0.05) is 72.8 Å². The van der Waals surface area contributed by atoms with Crippen LogP contribution in [-0.4, -0.2) is 0 Å². The lowest BCUT2D eigenvalue weighted by molar-refractivity contribution is 1.68. The van der Waals surface area contributed by atoms with Crippen molar-refractivity contribution in [2.24, 2.45) is 0 Å². The molecule has 0 aliphatic carbocycles. The first-order chi connectivity index (χ1) is 9.93. The lowest BCUT2D eigenvalue weighted by Gasteiger charge is -2.10. The van der Waals surface area contributed by atoms with Crippen LogP contribution in [0.5, 0.6) is 0 Å². The second-order valence-corrected chi connectivity index (χ2v) is 4.98. The molecule has 0 aromatic heterocycles. The van der Waals surface area contributed by atoms with Crippen LogP contribution in [0, 0.1) is 6.07 Å². The van der Waals surface area contributed by atoms with Gasteiger partial charge in [0.1, 0.15) is 0 Å². The molecular formula is C20H13. The van der Waals surface area contributed by atoms with Gasteiger partial charge in [-0.2, -0.15) is 0 Å². The van der Waals surface area contributed by atoms with Crippen molar-refractivity contribution < 1.29 is 0 Å². The number of benzene rings is 4. The zero-order valence-electron chi connectivity index (χ0n) is 11.0. The molecule has 0 bridgehead atoms. The van der Waals surface area contributed by atoms with Crippen molar-refractivity contribution in [2.75, 3.05) is 0 Å². The molecule has 93 valence electrons. The van der Waals surface area contributed by atoms with Gasteiger partial charge in [0.05, 0.1) is 0 Å². The summed E-state index contributed by atoms with van der Waals surface area (Å²) in [6, 6.07) is 30.8. The van der Waals surface area contributed by atoms with Crippen LogP contribution in [0.1, 0.15) is 0 Å². The summed E-state index contributed by atoms with van der Waals surface area (Å²) in [5.41, 5.74) is 2.56. The SMILES string of the molecule is [c]1ccc2cccc(-c3cccc4ccccc34)c2c1. The molecule has 0 N–H and O–H groups in total. The van der Waals surface area contributed by atoms with Crippen LogP contribution in [0.2, 0.25) is 0 Å². The van der Waals surface area contributed by atoms with E-state index in [1.54, 1.807) is 0 Å². The van der Waals surface area contributed by atoms with E-state index < -0.39 is 0 Å². The molecule has 0 fully saturated rings. The highest BCUT2D eigenvalue weighted by Crippen LogP contribution is 2.33. The fourth-order valence-corrected chi connectivity index (χ4v) is 2.85. The Morgan fingerprint density at radius 3 is 2.05 bits per heavy atom. The molecule has 20 heavy (non-hydrogen) atoms. The maximum atomic E-state index is 3.19. The van der Waals surface area contributed by atoms with E-state index in [2.05, 4.69) is 78.9 Å². The predicted octanol–water partition coefficient (Wildman–Crippen LogP) is 5.46. The Morgan fingerprint density at radius 2 is 1.20 bits per heavy atom. The van der Waals surface area contributed by atoms with E-state index in [0.29, 0.717) is 0 Å². The maximum absolute atomic E-state index is 3.19. The van der Waals surface area contributed by atoms with Gasteiger partial charge in [-0.05, 0) is 44.8 Å². The summed E-state index contributed by atoms with van der Waals surface area (Å²) < 4.78 is 0. The molecule has 1 radical (unpaired) electrons. The second kappa shape index (κ2) is 4.50. The molecule has 4 rings (SSSR count). The zero-order chi connectivity index (χ0) is 13.4. The summed E-state index contributed by atoms with van der Waals surface area (Å²) in [4.78, 5) is 0. The third-order valence-corrected chi connectivity index (χ3v) is 3.81. The second-order valence-electron chi connectivity index (χ2n) is 4.98. The van der Waals surface area contributed by atoms with Crippen LogP contribution in [0.3, 0.4) is 0 Å². The largest absolute Gasteiger partial charge is 0.0616 e. The van der Waals surface area contributed by atoms with E-state index >= 15 is 0 Å². The zero-order valence-corrected chi connectivity index (χ0v) is 11.0. The van der Waals surface area contributed by atoms with Crippen molar-refractivity contribution in [3.63, 3.8) is 0 Å². The molecule has 0 heteroatoms. The van der Waals surface area contributed by atoms with Gasteiger partial charge in [-0.15, -0.1) is 0 Å². The minimum Gasteiger partial charge on any atom is -0.0616 e. The molecule has 0 unspecified atom stereocenters. The molecule has 0 saturated heterocycles. The van der Waals surface area contributed by atoms with Crippen molar-refractivity contribution in [3.05, 3.63) is 84.9 Å². The van der Waals surface area contributed by atoms with E-state index in [1.807, 2.05) is 6.07 Å². The van der Waals surface area contributed by atoms with Crippen molar-refractivity contribution >= 4 is 21.5 Å². The summed E-state index contributed by atoms with van der Waals surface area (Å²) >= 11 is 0. The van der Waals surface area contributed by atoms with Gasteiger partial charge >= 0.3 is 0 Å². The van der Waals surface area contributed by atoms with E-state index in [9.17, 15) is 0 Å². The molecule has 0 heterocycles. The number of fused-ring (bicyclic) bond motifs is 2. The lowest BCUT2D eigenvalue weighted by Crippen LogP contribution is -1.83. The summed E-state index contributed by atoms with van der Waals surface area (Å²) in [7, 11) is 0. The van der Waals surface area contributed by atoms with Gasteiger partial charge in [0, 0.05) is 0 Å². The Morgan fingerprint density at radius 1 is 0.550 bits per heavy atom. The number of hydrogen-bond acceptors (Lipinski definition) is 0. The van der Waals surface area contributed by atoms with Crippen LogP contribution in [-0.2, 0) is 0 Å². The minimum atomic E-state index is 1.26. The van der Waals surface area contributed by atoms with Crippen molar-refractivity contribution in [1.82, 2.24) is 0 Å². The highest BCUT2D eigenvalue weighted by atomic mass is 14.1. The Bertz CT molecular complexity index is 816. The number of hydrogen-bond donors (Lipinski definition) is 0. The van der Waals surface area contributed by atoms with Crippen LogP contribution in [0.4, 0.5) is 0 Å². The van der Waals surface area contributed by atoms with Gasteiger partial charge in [0.25, 0.3) is 0 Å². The normalized spacial score (nSPS) is 11.0. The van der Waals surface area contributed by atoms with E-state index in [0.717, 1.165) is 0 Å². The van der Waals surface area contributed by atoms with Crippen LogP contribution >= 0.6 is 0 Å². The first-order valence-corrected chi connectivity index (χ1v) is 6.80. The quantitative estimate of drug-likeness (QED) is 0.422. The molecular weight excluding hydrogens is 240 g/mol. The first-order valence-electron chi connectivity index (χ1n) is 6.80. The molecule has 4 aromatic carbocycles. The van der Waals surface area contributed by atoms with Crippen LogP contribution < -0.4 is 0 Å². The summed E-state index contributed by atoms with van der Waals surface area (Å²) in [6.45, 7) is 0. The summed E-state index contributed by atoms with van der Waals surface area (Å²) in [5, 5.41) is 5.09. The van der Waals surface area contributed by atoms with Gasteiger partial charge in [0.15, 0.2) is 0 Å². The molecule has 0 aliphatic heterocycles. The third-order valence-electron chi connectivity index (χ3n) is 3.81. The molecule has 0 aliphatic rings. The van der Waals surface area contributed by atoms with Gasteiger partial charge in [0.2, 0.25) is 0 Å². The topological polar surface area (TPSA) is 0 Å². The first kappa shape index (κ1) is 11.2. The molecule has 0 saturated carbocycles. The van der Waals surface area contributed by atoms with E-state index in [1.165, 1.54) is 32.7 Å². The van der Waals surface area contributed by atoms with Gasteiger partial charge < -0.3 is 0 Å². The monoisotopic (exact) mass is 253 g/mol. The highest BCUT2D eigenvalue weighted by molar-refractivity contribution is 6.05. The Kier molecular flexibility index (Phi) is 2.53. The van der Waals surface area contributed by atoms with Gasteiger partial charge in [-0.25, -0.2) is 0 Å². The fourth-order valence-electron chi connectivity index (χ4n) is 2.85. The van der Waals surface area contributed by atoms with E-state index in [-0.39, 0.29) is 0 Å². The Labute approximate surface area is 118 Å². The number of rotatable bonds is 1. The minimum absolute atomic E-state index is 1.26. The summed E-state index contributed by atoms with van der Waals surface area (Å²) in [6.07, 6.45) is 0. The molecule has 4 aromatic rings. The maximum Gasteiger partial charge on any atom is -0.00990 e. The average Bonchev–Trinajstić information content (AvgIpc) is 2.54. The molecule has 0 spiro atoms. The van der Waals surface area contributed by atoms with Crippen molar-refractivity contribution in [2.45, 2.75) is 0 Å². The van der Waals surface area contributed by atoms with E-state index in [4.69, 9.17) is 0 Å². The highest BCUT2D eigenvalue weighted by Gasteiger charge is 2.06. The predicted molar refractivity (Wildman–Crippen MR) is 85.7 cm³/mol. The van der Waals surface area contributed by atoms with Crippen molar-refractivity contribution in [1.29, 1.82) is 0 Å².